The Morgan fingerprint density at radius 2 is 2.29 bits per heavy atom. The summed E-state index contributed by atoms with van der Waals surface area (Å²) in [6, 6.07) is 6.71. The van der Waals surface area contributed by atoms with Gasteiger partial charge in [0.05, 0.1) is 11.5 Å². The topological polar surface area (TPSA) is 64.4 Å². The molecule has 1 saturated heterocycles. The Morgan fingerprint density at radius 1 is 1.53 bits per heavy atom. The van der Waals surface area contributed by atoms with E-state index < -0.39 is 0 Å². The third-order valence-electron chi connectivity index (χ3n) is 3.11. The molecule has 0 saturated carbocycles. The van der Waals surface area contributed by atoms with Gasteiger partial charge in [0, 0.05) is 24.6 Å². The first-order valence-electron chi connectivity index (χ1n) is 5.66. The van der Waals surface area contributed by atoms with Crippen LogP contribution in [0.2, 0.25) is 0 Å². The molecular formula is C12H16N2O3. The fourth-order valence-electron chi connectivity index (χ4n) is 1.94. The predicted octanol–water partition coefficient (Wildman–Crippen LogP) is 2.43. The number of anilines is 1. The predicted molar refractivity (Wildman–Crippen MR) is 65.1 cm³/mol. The summed E-state index contributed by atoms with van der Waals surface area (Å²) in [5, 5.41) is 14.0. The van der Waals surface area contributed by atoms with E-state index in [1.165, 1.54) is 6.07 Å². The average Bonchev–Trinajstić information content (AvgIpc) is 2.74. The highest BCUT2D eigenvalue weighted by Gasteiger charge is 2.30. The second-order valence-electron chi connectivity index (χ2n) is 4.74. The van der Waals surface area contributed by atoms with Crippen LogP contribution in [0, 0.1) is 15.5 Å². The molecule has 1 aromatic carbocycles. The Balaban J connectivity index is 2.06. The maximum Gasteiger partial charge on any atom is 0.292 e. The lowest BCUT2D eigenvalue weighted by molar-refractivity contribution is -0.384. The molecule has 0 radical (unpaired) electrons. The van der Waals surface area contributed by atoms with E-state index in [4.69, 9.17) is 4.74 Å². The highest BCUT2D eigenvalue weighted by molar-refractivity contribution is 5.61. The van der Waals surface area contributed by atoms with E-state index in [2.05, 4.69) is 12.2 Å². The molecule has 0 spiro atoms. The summed E-state index contributed by atoms with van der Waals surface area (Å²) in [7, 11) is 0. The van der Waals surface area contributed by atoms with Gasteiger partial charge in [0.1, 0.15) is 5.69 Å². The molecule has 1 atom stereocenters. The molecule has 0 aromatic heterocycles. The second-order valence-corrected chi connectivity index (χ2v) is 4.74. The van der Waals surface area contributed by atoms with Crippen LogP contribution in [0.1, 0.15) is 13.3 Å². The van der Waals surface area contributed by atoms with Crippen molar-refractivity contribution in [3.8, 4) is 0 Å². The fourth-order valence-corrected chi connectivity index (χ4v) is 1.94. The van der Waals surface area contributed by atoms with Crippen molar-refractivity contribution < 1.29 is 9.66 Å². The number of ether oxygens (including phenoxy) is 1. The van der Waals surface area contributed by atoms with E-state index in [0.29, 0.717) is 18.8 Å². The Morgan fingerprint density at radius 3 is 2.94 bits per heavy atom. The molecule has 92 valence electrons. The fraction of sp³-hybridized carbons (Fsp3) is 0.500. The number of nitro groups is 1. The molecular weight excluding hydrogens is 220 g/mol. The van der Waals surface area contributed by atoms with E-state index in [-0.39, 0.29) is 16.0 Å². The van der Waals surface area contributed by atoms with Gasteiger partial charge in [-0.2, -0.15) is 0 Å². The maximum atomic E-state index is 10.8. The molecule has 1 fully saturated rings. The molecule has 1 heterocycles. The number of nitrogens with one attached hydrogen (secondary N) is 1. The van der Waals surface area contributed by atoms with Gasteiger partial charge in [-0.25, -0.2) is 0 Å². The summed E-state index contributed by atoms with van der Waals surface area (Å²) in [6.45, 7) is 4.30. The number of hydrogen-bond donors (Lipinski definition) is 1. The minimum absolute atomic E-state index is 0.0731. The zero-order valence-corrected chi connectivity index (χ0v) is 9.81. The number of nitro benzene ring substituents is 1. The number of rotatable bonds is 4. The van der Waals surface area contributed by atoms with Crippen LogP contribution in [0.25, 0.3) is 0 Å². The van der Waals surface area contributed by atoms with E-state index in [0.717, 1.165) is 13.0 Å². The van der Waals surface area contributed by atoms with E-state index in [1.807, 2.05) is 0 Å². The molecule has 0 amide bonds. The van der Waals surface area contributed by atoms with Gasteiger partial charge in [-0.3, -0.25) is 10.1 Å². The van der Waals surface area contributed by atoms with Crippen LogP contribution < -0.4 is 5.32 Å². The second kappa shape index (κ2) is 4.71. The zero-order chi connectivity index (χ0) is 12.3. The third-order valence-corrected chi connectivity index (χ3v) is 3.11. The van der Waals surface area contributed by atoms with E-state index >= 15 is 0 Å². The van der Waals surface area contributed by atoms with Crippen molar-refractivity contribution in [3.05, 3.63) is 34.4 Å². The number of para-hydroxylation sites is 2. The van der Waals surface area contributed by atoms with E-state index in [9.17, 15) is 10.1 Å². The van der Waals surface area contributed by atoms with Gasteiger partial charge >= 0.3 is 0 Å². The zero-order valence-electron chi connectivity index (χ0n) is 9.81. The van der Waals surface area contributed by atoms with Crippen LogP contribution >= 0.6 is 0 Å². The van der Waals surface area contributed by atoms with Crippen LogP contribution in [-0.2, 0) is 4.74 Å². The van der Waals surface area contributed by atoms with Crippen molar-refractivity contribution >= 4 is 11.4 Å². The molecule has 5 heteroatoms. The molecule has 5 nitrogen and oxygen atoms in total. The molecule has 17 heavy (non-hydrogen) atoms. The molecule has 2 rings (SSSR count). The lowest BCUT2D eigenvalue weighted by Gasteiger charge is -2.22. The molecule has 1 aromatic rings. The average molecular weight is 236 g/mol. The maximum absolute atomic E-state index is 10.8. The lowest BCUT2D eigenvalue weighted by atomic mass is 9.90. The largest absolute Gasteiger partial charge is 0.381 e. The van der Waals surface area contributed by atoms with Crippen LogP contribution in [0.3, 0.4) is 0 Å². The van der Waals surface area contributed by atoms with Crippen molar-refractivity contribution in [2.45, 2.75) is 13.3 Å². The number of hydrogen-bond acceptors (Lipinski definition) is 4. The quantitative estimate of drug-likeness (QED) is 0.644. The Kier molecular flexibility index (Phi) is 3.28. The van der Waals surface area contributed by atoms with Crippen molar-refractivity contribution in [1.82, 2.24) is 0 Å². The normalized spacial score (nSPS) is 23.6. The van der Waals surface area contributed by atoms with Crippen molar-refractivity contribution in [2.75, 3.05) is 25.1 Å². The van der Waals surface area contributed by atoms with Gasteiger partial charge in [-0.1, -0.05) is 19.1 Å². The molecule has 1 aliphatic rings. The first kappa shape index (κ1) is 11.9. The molecule has 0 aliphatic carbocycles. The van der Waals surface area contributed by atoms with Crippen LogP contribution in [0.15, 0.2) is 24.3 Å². The molecule has 1 N–H and O–H groups in total. The smallest absolute Gasteiger partial charge is 0.292 e. The van der Waals surface area contributed by atoms with Crippen molar-refractivity contribution in [1.29, 1.82) is 0 Å². The molecule has 1 aliphatic heterocycles. The van der Waals surface area contributed by atoms with Gasteiger partial charge in [0.15, 0.2) is 0 Å². The minimum Gasteiger partial charge on any atom is -0.381 e. The van der Waals surface area contributed by atoms with Crippen molar-refractivity contribution in [2.24, 2.45) is 5.41 Å². The summed E-state index contributed by atoms with van der Waals surface area (Å²) >= 11 is 0. The Labute approximate surface area is 99.9 Å². The first-order valence-corrected chi connectivity index (χ1v) is 5.66. The summed E-state index contributed by atoms with van der Waals surface area (Å²) < 4.78 is 5.35. The van der Waals surface area contributed by atoms with Crippen LogP contribution in [-0.4, -0.2) is 24.7 Å². The molecule has 0 bridgehead atoms. The van der Waals surface area contributed by atoms with Gasteiger partial charge < -0.3 is 10.1 Å². The van der Waals surface area contributed by atoms with Gasteiger partial charge in [0.25, 0.3) is 5.69 Å². The summed E-state index contributed by atoms with van der Waals surface area (Å²) in [6.07, 6.45) is 0.987. The van der Waals surface area contributed by atoms with Gasteiger partial charge in [-0.15, -0.1) is 0 Å². The van der Waals surface area contributed by atoms with Crippen LogP contribution in [0.4, 0.5) is 11.4 Å². The van der Waals surface area contributed by atoms with Gasteiger partial charge in [-0.05, 0) is 12.5 Å². The number of nitrogens with zero attached hydrogens (tertiary/aromatic N) is 1. The Hall–Kier alpha value is -1.62. The Bertz CT molecular complexity index is 414. The summed E-state index contributed by atoms with van der Waals surface area (Å²) in [5.74, 6) is 0. The minimum atomic E-state index is -0.365. The van der Waals surface area contributed by atoms with Crippen LogP contribution in [0.5, 0.6) is 0 Å². The lowest BCUT2D eigenvalue weighted by Crippen LogP contribution is -2.26. The highest BCUT2D eigenvalue weighted by atomic mass is 16.6. The standard InChI is InChI=1S/C12H16N2O3/c1-12(6-7-17-9-12)8-13-10-4-2-3-5-11(10)14(15)16/h2-5,13H,6-9H2,1H3/t12-/m0/s1. The first-order chi connectivity index (χ1) is 8.11. The monoisotopic (exact) mass is 236 g/mol. The molecule has 0 unspecified atom stereocenters. The van der Waals surface area contributed by atoms with Gasteiger partial charge in [0.2, 0.25) is 0 Å². The third kappa shape index (κ3) is 2.74. The van der Waals surface area contributed by atoms with Crippen molar-refractivity contribution in [3.63, 3.8) is 0 Å². The van der Waals surface area contributed by atoms with E-state index in [1.54, 1.807) is 18.2 Å². The SMILES string of the molecule is C[C@@]1(CNc2ccccc2[N+](=O)[O-])CCOC1. The summed E-state index contributed by atoms with van der Waals surface area (Å²) in [5.41, 5.74) is 0.768. The summed E-state index contributed by atoms with van der Waals surface area (Å²) in [4.78, 5) is 10.5. The highest BCUT2D eigenvalue weighted by Crippen LogP contribution is 2.30. The number of benzene rings is 1.